The van der Waals surface area contributed by atoms with Crippen molar-refractivity contribution in [1.82, 2.24) is 14.5 Å². The molecular weight excluding hydrogens is 228 g/mol. The van der Waals surface area contributed by atoms with E-state index in [0.29, 0.717) is 0 Å². The summed E-state index contributed by atoms with van der Waals surface area (Å²) in [6.07, 6.45) is 0. The molecule has 1 aromatic rings. The fraction of sp³-hybridized carbons (Fsp3) is 0.778. The Morgan fingerprint density at radius 2 is 2.13 bits per heavy atom. The maximum absolute atomic E-state index is 5.70. The molecule has 0 radical (unpaired) electrons. The number of hydrogen-bond donors (Lipinski definition) is 1. The molecule has 0 atom stereocenters. The zero-order chi connectivity index (χ0) is 11.1. The van der Waals surface area contributed by atoms with Crippen molar-refractivity contribution < 1.29 is 0 Å². The van der Waals surface area contributed by atoms with Gasteiger partial charge >= 0.3 is 0 Å². The second-order valence-electron chi connectivity index (χ2n) is 3.16. The highest BCUT2D eigenvalue weighted by Gasteiger charge is 2.04. The van der Waals surface area contributed by atoms with Crippen molar-refractivity contribution in [2.24, 2.45) is 0 Å². The molecule has 0 aliphatic heterocycles. The standard InChI is InChI=1S/C9H18N4S2/c1-3-13(4-2)5-6-14-7-8-9(10)15-12-11-8/h3-7,10H2,1-2H3. The molecule has 86 valence electrons. The molecule has 0 aromatic carbocycles. The van der Waals surface area contributed by atoms with Gasteiger partial charge in [0.1, 0.15) is 10.7 Å². The maximum Gasteiger partial charge on any atom is 0.131 e. The second-order valence-corrected chi connectivity index (χ2v) is 5.05. The van der Waals surface area contributed by atoms with Gasteiger partial charge in [-0.25, -0.2) is 0 Å². The van der Waals surface area contributed by atoms with Gasteiger partial charge < -0.3 is 10.6 Å². The summed E-state index contributed by atoms with van der Waals surface area (Å²) < 4.78 is 3.81. The SMILES string of the molecule is CCN(CC)CCSCc1nnsc1N. The van der Waals surface area contributed by atoms with Crippen LogP contribution in [0.1, 0.15) is 19.5 Å². The van der Waals surface area contributed by atoms with E-state index in [1.165, 1.54) is 11.5 Å². The van der Waals surface area contributed by atoms with Gasteiger partial charge in [-0.3, -0.25) is 0 Å². The van der Waals surface area contributed by atoms with E-state index in [1.54, 1.807) is 0 Å². The smallest absolute Gasteiger partial charge is 0.131 e. The van der Waals surface area contributed by atoms with Crippen LogP contribution in [0.25, 0.3) is 0 Å². The Hall–Kier alpha value is -0.330. The summed E-state index contributed by atoms with van der Waals surface area (Å²) in [6.45, 7) is 7.76. The highest BCUT2D eigenvalue weighted by atomic mass is 32.2. The van der Waals surface area contributed by atoms with Gasteiger partial charge in [0.25, 0.3) is 0 Å². The average molecular weight is 246 g/mol. The van der Waals surface area contributed by atoms with Crippen molar-refractivity contribution in [3.63, 3.8) is 0 Å². The van der Waals surface area contributed by atoms with Gasteiger partial charge in [-0.05, 0) is 13.1 Å². The topological polar surface area (TPSA) is 55.0 Å². The first kappa shape index (κ1) is 12.7. The Morgan fingerprint density at radius 3 is 2.67 bits per heavy atom. The van der Waals surface area contributed by atoms with Gasteiger partial charge in [0, 0.05) is 29.6 Å². The monoisotopic (exact) mass is 246 g/mol. The number of nitrogens with two attached hydrogens (primary N) is 1. The third-order valence-electron chi connectivity index (χ3n) is 2.27. The third kappa shape index (κ3) is 4.36. The molecule has 1 rings (SSSR count). The lowest BCUT2D eigenvalue weighted by molar-refractivity contribution is 0.324. The summed E-state index contributed by atoms with van der Waals surface area (Å²) in [6, 6.07) is 0. The molecule has 1 heterocycles. The van der Waals surface area contributed by atoms with Crippen LogP contribution < -0.4 is 5.73 Å². The van der Waals surface area contributed by atoms with Gasteiger partial charge in [-0.2, -0.15) is 11.8 Å². The van der Waals surface area contributed by atoms with Crippen LogP contribution in [0.3, 0.4) is 0 Å². The predicted molar refractivity (Wildman–Crippen MR) is 68.3 cm³/mol. The largest absolute Gasteiger partial charge is 0.388 e. The molecule has 1 aromatic heterocycles. The molecule has 0 saturated carbocycles. The van der Waals surface area contributed by atoms with E-state index >= 15 is 0 Å². The zero-order valence-electron chi connectivity index (χ0n) is 9.27. The van der Waals surface area contributed by atoms with Crippen molar-refractivity contribution in [1.29, 1.82) is 0 Å². The summed E-state index contributed by atoms with van der Waals surface area (Å²) in [5.41, 5.74) is 6.64. The van der Waals surface area contributed by atoms with E-state index < -0.39 is 0 Å². The molecule has 2 N–H and O–H groups in total. The Bertz CT molecular complexity index is 273. The van der Waals surface area contributed by atoms with Crippen molar-refractivity contribution in [2.75, 3.05) is 31.1 Å². The van der Waals surface area contributed by atoms with Crippen LogP contribution in [-0.2, 0) is 5.75 Å². The Labute approximate surface area is 99.4 Å². The first-order valence-electron chi connectivity index (χ1n) is 5.14. The van der Waals surface area contributed by atoms with Crippen LogP contribution in [0.5, 0.6) is 0 Å². The molecule has 15 heavy (non-hydrogen) atoms. The summed E-state index contributed by atoms with van der Waals surface area (Å²) in [4.78, 5) is 2.41. The number of aromatic nitrogens is 2. The van der Waals surface area contributed by atoms with Gasteiger partial charge in [0.2, 0.25) is 0 Å². The van der Waals surface area contributed by atoms with Crippen molar-refractivity contribution >= 4 is 28.3 Å². The molecule has 0 aliphatic rings. The molecule has 0 unspecified atom stereocenters. The number of thioether (sulfide) groups is 1. The molecule has 0 saturated heterocycles. The Balaban J connectivity index is 2.14. The van der Waals surface area contributed by atoms with Gasteiger partial charge in [-0.15, -0.1) is 5.10 Å². The normalized spacial score (nSPS) is 11.1. The molecular formula is C9H18N4S2. The third-order valence-corrected chi connectivity index (χ3v) is 3.81. The van der Waals surface area contributed by atoms with Gasteiger partial charge in [-0.1, -0.05) is 18.3 Å². The molecule has 0 spiro atoms. The number of hydrogen-bond acceptors (Lipinski definition) is 6. The van der Waals surface area contributed by atoms with E-state index in [2.05, 4.69) is 28.3 Å². The van der Waals surface area contributed by atoms with Crippen molar-refractivity contribution in [2.45, 2.75) is 19.6 Å². The van der Waals surface area contributed by atoms with Crippen molar-refractivity contribution in [3.8, 4) is 0 Å². The quantitative estimate of drug-likeness (QED) is 0.742. The van der Waals surface area contributed by atoms with Crippen LogP contribution in [-0.4, -0.2) is 39.9 Å². The van der Waals surface area contributed by atoms with Gasteiger partial charge in [0.05, 0.1) is 0 Å². The molecule has 0 fully saturated rings. The summed E-state index contributed by atoms with van der Waals surface area (Å²) in [5.74, 6) is 2.00. The molecule has 4 nitrogen and oxygen atoms in total. The van der Waals surface area contributed by atoms with Crippen molar-refractivity contribution in [3.05, 3.63) is 5.69 Å². The maximum atomic E-state index is 5.70. The van der Waals surface area contributed by atoms with Gasteiger partial charge in [0.15, 0.2) is 0 Å². The first-order valence-corrected chi connectivity index (χ1v) is 7.07. The minimum Gasteiger partial charge on any atom is -0.388 e. The lowest BCUT2D eigenvalue weighted by atomic mass is 10.5. The van der Waals surface area contributed by atoms with E-state index in [0.717, 1.165) is 41.8 Å². The van der Waals surface area contributed by atoms with Crippen LogP contribution in [0.4, 0.5) is 5.00 Å². The lowest BCUT2D eigenvalue weighted by Crippen LogP contribution is -2.25. The average Bonchev–Trinajstić information content (AvgIpc) is 2.65. The lowest BCUT2D eigenvalue weighted by Gasteiger charge is -2.16. The first-order chi connectivity index (χ1) is 7.27. The van der Waals surface area contributed by atoms with Crippen LogP contribution in [0, 0.1) is 0 Å². The fourth-order valence-electron chi connectivity index (χ4n) is 1.22. The number of nitrogens with zero attached hydrogens (tertiary/aromatic N) is 3. The summed E-state index contributed by atoms with van der Waals surface area (Å²) in [7, 11) is 0. The fourth-order valence-corrected chi connectivity index (χ4v) is 2.69. The van der Waals surface area contributed by atoms with E-state index in [4.69, 9.17) is 5.73 Å². The summed E-state index contributed by atoms with van der Waals surface area (Å²) >= 11 is 3.14. The minimum atomic E-state index is 0.755. The number of nitrogen functional groups attached to an aromatic ring is 1. The van der Waals surface area contributed by atoms with E-state index in [9.17, 15) is 0 Å². The van der Waals surface area contributed by atoms with Crippen LogP contribution in [0.15, 0.2) is 0 Å². The molecule has 6 heteroatoms. The Morgan fingerprint density at radius 1 is 1.40 bits per heavy atom. The van der Waals surface area contributed by atoms with Crippen LogP contribution in [0.2, 0.25) is 0 Å². The van der Waals surface area contributed by atoms with E-state index in [1.807, 2.05) is 11.8 Å². The number of rotatable bonds is 7. The highest BCUT2D eigenvalue weighted by molar-refractivity contribution is 7.98. The highest BCUT2D eigenvalue weighted by Crippen LogP contribution is 2.18. The van der Waals surface area contributed by atoms with Crippen LogP contribution >= 0.6 is 23.3 Å². The number of anilines is 1. The Kier molecular flexibility index (Phi) is 5.97. The second kappa shape index (κ2) is 7.03. The molecule has 0 amide bonds. The predicted octanol–water partition coefficient (Wildman–Crippen LogP) is 1.70. The summed E-state index contributed by atoms with van der Waals surface area (Å²) in [5, 5.41) is 4.74. The zero-order valence-corrected chi connectivity index (χ0v) is 10.9. The molecule has 0 bridgehead atoms. The van der Waals surface area contributed by atoms with E-state index in [-0.39, 0.29) is 0 Å². The minimum absolute atomic E-state index is 0.755. The molecule has 0 aliphatic carbocycles.